The topological polar surface area (TPSA) is 43.4 Å². The molecule has 0 aromatic rings. The van der Waals surface area contributed by atoms with Crippen LogP contribution in [0, 0.1) is 11.8 Å². The van der Waals surface area contributed by atoms with E-state index < -0.39 is 10.1 Å². The van der Waals surface area contributed by atoms with E-state index in [1.807, 2.05) is 0 Å². The van der Waals surface area contributed by atoms with Crippen molar-refractivity contribution in [2.45, 2.75) is 43.5 Å². The summed E-state index contributed by atoms with van der Waals surface area (Å²) >= 11 is 0. The second-order valence-corrected chi connectivity index (χ2v) is 6.59. The van der Waals surface area contributed by atoms with Gasteiger partial charge in [0.25, 0.3) is 10.1 Å². The van der Waals surface area contributed by atoms with Crippen LogP contribution in [0.3, 0.4) is 0 Å². The van der Waals surface area contributed by atoms with Crippen LogP contribution >= 0.6 is 0 Å². The minimum atomic E-state index is -3.20. The molecule has 0 aromatic heterocycles. The predicted octanol–water partition coefficient (Wildman–Crippen LogP) is 1.29. The maximum absolute atomic E-state index is 11.6. The van der Waals surface area contributed by atoms with E-state index in [2.05, 4.69) is 0 Å². The first kappa shape index (κ1) is 8.24. The summed E-state index contributed by atoms with van der Waals surface area (Å²) < 4.78 is 28.4. The monoisotopic (exact) mass is 202 g/mol. The van der Waals surface area contributed by atoms with Crippen LogP contribution in [-0.4, -0.2) is 19.8 Å². The quantitative estimate of drug-likeness (QED) is 0.556. The first-order valence-electron chi connectivity index (χ1n) is 5.05. The first-order valence-corrected chi connectivity index (χ1v) is 6.53. The summed E-state index contributed by atoms with van der Waals surface area (Å²) in [4.78, 5) is 0. The van der Waals surface area contributed by atoms with Gasteiger partial charge in [-0.2, -0.15) is 8.42 Å². The molecule has 0 radical (unpaired) electrons. The molecule has 2 heterocycles. The van der Waals surface area contributed by atoms with E-state index >= 15 is 0 Å². The fourth-order valence-electron chi connectivity index (χ4n) is 3.31. The van der Waals surface area contributed by atoms with E-state index in [1.54, 1.807) is 0 Å². The van der Waals surface area contributed by atoms with Crippen molar-refractivity contribution < 1.29 is 12.6 Å². The lowest BCUT2D eigenvalue weighted by molar-refractivity contribution is 0.0949. The Balaban J connectivity index is 2.04. The lowest BCUT2D eigenvalue weighted by Gasteiger charge is -2.35. The van der Waals surface area contributed by atoms with Crippen molar-refractivity contribution in [3.63, 3.8) is 0 Å². The third-order valence-corrected chi connectivity index (χ3v) is 5.47. The van der Waals surface area contributed by atoms with Crippen LogP contribution in [0.4, 0.5) is 0 Å². The van der Waals surface area contributed by atoms with Gasteiger partial charge in [-0.3, -0.25) is 4.18 Å². The van der Waals surface area contributed by atoms with E-state index in [4.69, 9.17) is 4.18 Å². The van der Waals surface area contributed by atoms with Gasteiger partial charge in [-0.25, -0.2) is 0 Å². The van der Waals surface area contributed by atoms with Crippen molar-refractivity contribution in [2.75, 3.05) is 0 Å². The van der Waals surface area contributed by atoms with Gasteiger partial charge in [0.15, 0.2) is 0 Å². The van der Waals surface area contributed by atoms with E-state index in [-0.39, 0.29) is 11.4 Å². The molecule has 2 aliphatic carbocycles. The standard InChI is InChI=1S/C9H14O3S/c10-13(11)9-4-6-1-7(5-9)3-8(2-6)12-13/h6-9H,1-5H2. The zero-order chi connectivity index (χ0) is 9.05. The fourth-order valence-corrected chi connectivity index (χ4v) is 5.02. The Morgan fingerprint density at radius 2 is 1.54 bits per heavy atom. The molecule has 74 valence electrons. The molecular weight excluding hydrogens is 188 g/mol. The highest BCUT2D eigenvalue weighted by molar-refractivity contribution is 7.87. The number of rotatable bonds is 0. The number of hydrogen-bond acceptors (Lipinski definition) is 3. The SMILES string of the molecule is O=S1(=O)OC2CC3CC(C2)CC1C3. The summed E-state index contributed by atoms with van der Waals surface area (Å²) in [5.74, 6) is 1.25. The van der Waals surface area contributed by atoms with Crippen LogP contribution in [0.5, 0.6) is 0 Å². The Morgan fingerprint density at radius 1 is 0.923 bits per heavy atom. The fraction of sp³-hybridized carbons (Fsp3) is 1.00. The van der Waals surface area contributed by atoms with E-state index in [9.17, 15) is 8.42 Å². The normalized spacial score (nSPS) is 52.0. The van der Waals surface area contributed by atoms with Crippen LogP contribution in [0.2, 0.25) is 0 Å². The van der Waals surface area contributed by atoms with Gasteiger partial charge in [-0.15, -0.1) is 0 Å². The Bertz CT molecular complexity index is 308. The molecule has 0 spiro atoms. The average Bonchev–Trinajstić information content (AvgIpc) is 2.12. The molecule has 13 heavy (non-hydrogen) atoms. The highest BCUT2D eigenvalue weighted by atomic mass is 32.2. The molecule has 4 aliphatic rings. The molecule has 0 N–H and O–H groups in total. The summed E-state index contributed by atoms with van der Waals surface area (Å²) in [7, 11) is -3.20. The third kappa shape index (κ3) is 1.22. The summed E-state index contributed by atoms with van der Waals surface area (Å²) in [6.07, 6.45) is 4.93. The van der Waals surface area contributed by atoms with Crippen LogP contribution in [0.15, 0.2) is 0 Å². The van der Waals surface area contributed by atoms with Gasteiger partial charge >= 0.3 is 0 Å². The summed E-state index contributed by atoms with van der Waals surface area (Å²) in [5, 5.41) is -0.177. The molecule has 3 nitrogen and oxygen atoms in total. The van der Waals surface area contributed by atoms with Crippen molar-refractivity contribution >= 4 is 10.1 Å². The zero-order valence-corrected chi connectivity index (χ0v) is 8.29. The van der Waals surface area contributed by atoms with Crippen LogP contribution < -0.4 is 0 Å². The van der Waals surface area contributed by atoms with Crippen molar-refractivity contribution in [2.24, 2.45) is 11.8 Å². The number of fused-ring (bicyclic) bond motifs is 1. The lowest BCUT2D eigenvalue weighted by atomic mass is 9.71. The lowest BCUT2D eigenvalue weighted by Crippen LogP contribution is -2.32. The molecular formula is C9H14O3S. The van der Waals surface area contributed by atoms with Gasteiger partial charge in [0.1, 0.15) is 0 Å². The molecule has 2 aliphatic heterocycles. The molecule has 4 rings (SSSR count). The van der Waals surface area contributed by atoms with E-state index in [1.165, 1.54) is 6.42 Å². The van der Waals surface area contributed by atoms with Crippen molar-refractivity contribution in [3.05, 3.63) is 0 Å². The van der Waals surface area contributed by atoms with Gasteiger partial charge in [0.05, 0.1) is 11.4 Å². The van der Waals surface area contributed by atoms with E-state index in [0.717, 1.165) is 25.7 Å². The van der Waals surface area contributed by atoms with Gasteiger partial charge in [-0.05, 0) is 43.9 Å². The Hall–Kier alpha value is -0.0900. The summed E-state index contributed by atoms with van der Waals surface area (Å²) in [6.45, 7) is 0. The number of hydrogen-bond donors (Lipinski definition) is 0. The van der Waals surface area contributed by atoms with Crippen LogP contribution in [0.1, 0.15) is 32.1 Å². The second-order valence-electron chi connectivity index (χ2n) is 4.74. The molecule has 4 heteroatoms. The van der Waals surface area contributed by atoms with Crippen molar-refractivity contribution in [1.29, 1.82) is 0 Å². The molecule has 2 atom stereocenters. The maximum atomic E-state index is 11.6. The van der Waals surface area contributed by atoms with Crippen molar-refractivity contribution in [1.82, 2.24) is 0 Å². The second kappa shape index (κ2) is 2.48. The molecule has 0 amide bonds. The first-order chi connectivity index (χ1) is 6.13. The summed E-state index contributed by atoms with van der Waals surface area (Å²) in [6, 6.07) is 0. The molecule has 0 aromatic carbocycles. The Labute approximate surface area is 78.6 Å². The minimum Gasteiger partial charge on any atom is -0.267 e. The molecule has 2 unspecified atom stereocenters. The average molecular weight is 202 g/mol. The summed E-state index contributed by atoms with van der Waals surface area (Å²) in [5.41, 5.74) is 0. The third-order valence-electron chi connectivity index (χ3n) is 3.73. The van der Waals surface area contributed by atoms with Crippen LogP contribution in [0.25, 0.3) is 0 Å². The smallest absolute Gasteiger partial charge is 0.267 e. The highest BCUT2D eigenvalue weighted by Crippen LogP contribution is 2.47. The van der Waals surface area contributed by atoms with Crippen LogP contribution in [-0.2, 0) is 14.3 Å². The van der Waals surface area contributed by atoms with Gasteiger partial charge < -0.3 is 0 Å². The largest absolute Gasteiger partial charge is 0.270 e. The molecule has 4 fully saturated rings. The highest BCUT2D eigenvalue weighted by Gasteiger charge is 2.47. The molecule has 2 saturated carbocycles. The molecule has 2 saturated heterocycles. The zero-order valence-electron chi connectivity index (χ0n) is 7.48. The van der Waals surface area contributed by atoms with Gasteiger partial charge in [0, 0.05) is 0 Å². The predicted molar refractivity (Wildman–Crippen MR) is 47.6 cm³/mol. The molecule has 4 bridgehead atoms. The Morgan fingerprint density at radius 3 is 2.15 bits per heavy atom. The minimum absolute atomic E-state index is 0.0150. The van der Waals surface area contributed by atoms with Crippen molar-refractivity contribution in [3.8, 4) is 0 Å². The maximum Gasteiger partial charge on any atom is 0.270 e. The van der Waals surface area contributed by atoms with E-state index in [0.29, 0.717) is 11.8 Å². The van der Waals surface area contributed by atoms with Gasteiger partial charge in [-0.1, -0.05) is 0 Å². The Kier molecular flexibility index (Phi) is 1.57. The van der Waals surface area contributed by atoms with Gasteiger partial charge in [0.2, 0.25) is 0 Å².